The number of hydrogen-bond acceptors (Lipinski definition) is 6. The van der Waals surface area contributed by atoms with Gasteiger partial charge in [-0.05, 0) is 6.92 Å². The number of aryl methyl sites for hydroxylation is 2. The third-order valence-electron chi connectivity index (χ3n) is 4.27. The molecule has 1 aromatic carbocycles. The smallest absolute Gasteiger partial charge is 0.324 e. The van der Waals surface area contributed by atoms with E-state index in [4.69, 9.17) is 9.15 Å². The number of rotatable bonds is 5. The van der Waals surface area contributed by atoms with Gasteiger partial charge in [0.05, 0.1) is 0 Å². The molecule has 0 saturated carbocycles. The molecule has 9 heteroatoms. The quantitative estimate of drug-likeness (QED) is 0.551. The molecule has 0 radical (unpaired) electrons. The number of aromatic hydroxyl groups is 1. The number of pyridine rings is 1. The molecule has 0 atom stereocenters. The summed E-state index contributed by atoms with van der Waals surface area (Å²) in [7, 11) is 1.50. The molecule has 3 aromatic rings. The van der Waals surface area contributed by atoms with Crippen LogP contribution in [0, 0.1) is 6.92 Å². The van der Waals surface area contributed by atoms with Crippen LogP contribution in [-0.4, -0.2) is 21.7 Å². The van der Waals surface area contributed by atoms with Gasteiger partial charge >= 0.3 is 17.9 Å². The van der Waals surface area contributed by atoms with Gasteiger partial charge in [-0.3, -0.25) is 14.9 Å². The van der Waals surface area contributed by atoms with Gasteiger partial charge in [-0.25, -0.2) is 4.79 Å². The zero-order valence-corrected chi connectivity index (χ0v) is 16.7. The van der Waals surface area contributed by atoms with Crippen molar-refractivity contribution in [2.75, 3.05) is 10.6 Å². The predicted octanol–water partition coefficient (Wildman–Crippen LogP) is 3.62. The van der Waals surface area contributed by atoms with Gasteiger partial charge in [0.15, 0.2) is 5.69 Å². The Labute approximate surface area is 171 Å². The van der Waals surface area contributed by atoms with E-state index in [0.717, 1.165) is 0 Å². The SMILES string of the molecule is CCC(=O)Oc1oc(-c2ccccc2)cc1NC(=O)Nc1c(O)c(C)cn(C)c1=O. The first kappa shape index (κ1) is 20.7. The van der Waals surface area contributed by atoms with Gasteiger partial charge < -0.3 is 24.1 Å². The number of furan rings is 1. The number of carbonyl (C=O) groups excluding carboxylic acids is 2. The minimum Gasteiger partial charge on any atom is -0.505 e. The Morgan fingerprint density at radius 3 is 2.57 bits per heavy atom. The van der Waals surface area contributed by atoms with Gasteiger partial charge in [0.25, 0.3) is 5.56 Å². The van der Waals surface area contributed by atoms with E-state index in [0.29, 0.717) is 16.9 Å². The fourth-order valence-corrected chi connectivity index (χ4v) is 2.72. The third-order valence-corrected chi connectivity index (χ3v) is 4.27. The summed E-state index contributed by atoms with van der Waals surface area (Å²) in [5.74, 6) is -0.683. The zero-order chi connectivity index (χ0) is 21.8. The van der Waals surface area contributed by atoms with Gasteiger partial charge in [-0.2, -0.15) is 0 Å². The molecule has 0 saturated heterocycles. The highest BCUT2D eigenvalue weighted by atomic mass is 16.6. The third kappa shape index (κ3) is 4.35. The largest absolute Gasteiger partial charge is 0.505 e. The van der Waals surface area contributed by atoms with Gasteiger partial charge in [0.1, 0.15) is 17.2 Å². The molecule has 0 spiro atoms. The molecule has 3 rings (SSSR count). The van der Waals surface area contributed by atoms with Crippen LogP contribution >= 0.6 is 0 Å². The number of esters is 1. The summed E-state index contributed by atoms with van der Waals surface area (Å²) >= 11 is 0. The lowest BCUT2D eigenvalue weighted by Gasteiger charge is -2.11. The van der Waals surface area contributed by atoms with Crippen LogP contribution in [-0.2, 0) is 11.8 Å². The number of nitrogens with zero attached hydrogens (tertiary/aromatic N) is 1. The Kier molecular flexibility index (Phi) is 5.91. The number of aromatic nitrogens is 1. The summed E-state index contributed by atoms with van der Waals surface area (Å²) in [6, 6.07) is 9.73. The molecule has 9 nitrogen and oxygen atoms in total. The molecule has 0 aliphatic rings. The Hall–Kier alpha value is -4.01. The molecule has 0 fully saturated rings. The minimum atomic E-state index is -0.817. The molecule has 2 heterocycles. The van der Waals surface area contributed by atoms with E-state index in [1.54, 1.807) is 26.0 Å². The minimum absolute atomic E-state index is 0.0946. The standard InChI is InChI=1S/C21H21N3O6/c1-4-16(25)30-20-14(10-15(29-20)13-8-6-5-7-9-13)22-21(28)23-17-18(26)12(2)11-24(3)19(17)27/h5-11,26H,4H2,1-3H3,(H2,22,23,28). The van der Waals surface area contributed by atoms with Crippen molar-refractivity contribution in [2.24, 2.45) is 7.05 Å². The van der Waals surface area contributed by atoms with E-state index in [9.17, 15) is 19.5 Å². The van der Waals surface area contributed by atoms with Crippen molar-refractivity contribution in [3.05, 3.63) is 58.5 Å². The molecule has 2 amide bonds. The molecule has 0 aliphatic heterocycles. The van der Waals surface area contributed by atoms with Crippen LogP contribution in [0.5, 0.6) is 11.7 Å². The second-order valence-corrected chi connectivity index (χ2v) is 6.54. The van der Waals surface area contributed by atoms with Crippen LogP contribution in [0.25, 0.3) is 11.3 Å². The number of amides is 2. The highest BCUT2D eigenvalue weighted by molar-refractivity contribution is 6.01. The maximum atomic E-state index is 12.5. The molecule has 156 valence electrons. The van der Waals surface area contributed by atoms with Crippen LogP contribution in [0.1, 0.15) is 18.9 Å². The second-order valence-electron chi connectivity index (χ2n) is 6.54. The van der Waals surface area contributed by atoms with Crippen LogP contribution in [0.2, 0.25) is 0 Å². The lowest BCUT2D eigenvalue weighted by atomic mass is 10.2. The van der Waals surface area contributed by atoms with Gasteiger partial charge in [-0.1, -0.05) is 37.3 Å². The van der Waals surface area contributed by atoms with Crippen LogP contribution in [0.3, 0.4) is 0 Å². The van der Waals surface area contributed by atoms with Gasteiger partial charge in [0.2, 0.25) is 0 Å². The van der Waals surface area contributed by atoms with Crippen LogP contribution < -0.4 is 20.9 Å². The zero-order valence-electron chi connectivity index (χ0n) is 16.7. The first-order valence-electron chi connectivity index (χ1n) is 9.17. The van der Waals surface area contributed by atoms with Crippen molar-refractivity contribution in [1.29, 1.82) is 0 Å². The maximum absolute atomic E-state index is 12.5. The average molecular weight is 411 g/mol. The summed E-state index contributed by atoms with van der Waals surface area (Å²) in [6.07, 6.45) is 1.56. The van der Waals surface area contributed by atoms with Crippen molar-refractivity contribution in [3.8, 4) is 23.0 Å². The number of hydrogen-bond donors (Lipinski definition) is 3. The number of nitrogens with one attached hydrogen (secondary N) is 2. The van der Waals surface area contributed by atoms with E-state index in [-0.39, 0.29) is 29.5 Å². The molecule has 0 aliphatic carbocycles. The number of carbonyl (C=O) groups is 2. The Morgan fingerprint density at radius 2 is 1.90 bits per heavy atom. The van der Waals surface area contributed by atoms with E-state index in [1.165, 1.54) is 23.9 Å². The lowest BCUT2D eigenvalue weighted by Crippen LogP contribution is -2.27. The first-order chi connectivity index (χ1) is 14.3. The Balaban J connectivity index is 1.90. The lowest BCUT2D eigenvalue weighted by molar-refractivity contribution is -0.135. The summed E-state index contributed by atoms with van der Waals surface area (Å²) < 4.78 is 12.0. The second kappa shape index (κ2) is 8.56. The summed E-state index contributed by atoms with van der Waals surface area (Å²) in [4.78, 5) is 36.5. The topological polar surface area (TPSA) is 123 Å². The molecule has 0 bridgehead atoms. The Bertz CT molecular complexity index is 1150. The molecular weight excluding hydrogens is 390 g/mol. The van der Waals surface area contributed by atoms with E-state index in [2.05, 4.69) is 10.6 Å². The van der Waals surface area contributed by atoms with Crippen molar-refractivity contribution < 1.29 is 23.8 Å². The summed E-state index contributed by atoms with van der Waals surface area (Å²) in [5, 5.41) is 15.0. The van der Waals surface area contributed by atoms with Gasteiger partial charge in [0, 0.05) is 36.9 Å². The molecule has 30 heavy (non-hydrogen) atoms. The van der Waals surface area contributed by atoms with Gasteiger partial charge in [-0.15, -0.1) is 0 Å². The molecule has 3 N–H and O–H groups in total. The van der Waals surface area contributed by atoms with Crippen LogP contribution in [0.15, 0.2) is 51.8 Å². The maximum Gasteiger partial charge on any atom is 0.324 e. The van der Waals surface area contributed by atoms with Crippen molar-refractivity contribution in [3.63, 3.8) is 0 Å². The summed E-state index contributed by atoms with van der Waals surface area (Å²) in [5.41, 5.74) is 0.374. The first-order valence-corrected chi connectivity index (χ1v) is 9.17. The summed E-state index contributed by atoms with van der Waals surface area (Å²) in [6.45, 7) is 3.22. The van der Waals surface area contributed by atoms with E-state index >= 15 is 0 Å². The monoisotopic (exact) mass is 411 g/mol. The number of urea groups is 1. The Morgan fingerprint density at radius 1 is 1.20 bits per heavy atom. The van der Waals surface area contributed by atoms with Crippen molar-refractivity contribution >= 4 is 23.4 Å². The van der Waals surface area contributed by atoms with Crippen molar-refractivity contribution in [2.45, 2.75) is 20.3 Å². The fraction of sp³-hybridized carbons (Fsp3) is 0.190. The number of benzene rings is 1. The predicted molar refractivity (Wildman–Crippen MR) is 111 cm³/mol. The molecule has 0 unspecified atom stereocenters. The fourth-order valence-electron chi connectivity index (χ4n) is 2.72. The van der Waals surface area contributed by atoms with Crippen LogP contribution in [0.4, 0.5) is 16.2 Å². The normalized spacial score (nSPS) is 10.5. The highest BCUT2D eigenvalue weighted by Crippen LogP contribution is 2.35. The number of anilines is 2. The highest BCUT2D eigenvalue weighted by Gasteiger charge is 2.20. The molecular formula is C21H21N3O6. The number of ether oxygens (including phenoxy) is 1. The average Bonchev–Trinajstić information content (AvgIpc) is 3.12. The van der Waals surface area contributed by atoms with E-state index in [1.807, 2.05) is 18.2 Å². The van der Waals surface area contributed by atoms with Crippen molar-refractivity contribution in [1.82, 2.24) is 4.57 Å². The molecule has 2 aromatic heterocycles. The van der Waals surface area contributed by atoms with E-state index < -0.39 is 17.6 Å².